The monoisotopic (exact) mass is 261 g/mol. The summed E-state index contributed by atoms with van der Waals surface area (Å²) in [5.74, 6) is 0.108. The van der Waals surface area contributed by atoms with Gasteiger partial charge in [0.15, 0.2) is 0 Å². The van der Waals surface area contributed by atoms with Crippen molar-refractivity contribution in [3.8, 4) is 0 Å². The third kappa shape index (κ3) is 2.96. The molecule has 1 aromatic carbocycles. The number of benzene rings is 1. The molecule has 1 fully saturated rings. The Bertz CT molecular complexity index is 458. The summed E-state index contributed by atoms with van der Waals surface area (Å²) < 4.78 is 5.15. The van der Waals surface area contributed by atoms with Crippen molar-refractivity contribution in [3.05, 3.63) is 48.6 Å². The number of hydrogen-bond acceptors (Lipinski definition) is 3. The number of amides is 1. The van der Waals surface area contributed by atoms with Crippen molar-refractivity contribution in [2.24, 2.45) is 5.92 Å². The molecule has 1 amide bonds. The summed E-state index contributed by atoms with van der Waals surface area (Å²) in [5.41, 5.74) is 0.329. The quantitative estimate of drug-likeness (QED) is 0.799. The van der Waals surface area contributed by atoms with Crippen LogP contribution in [-0.2, 0) is 11.3 Å². The molecular weight excluding hydrogens is 242 g/mol. The maximum absolute atomic E-state index is 11.8. The van der Waals surface area contributed by atoms with E-state index in [-0.39, 0.29) is 12.5 Å². The normalized spacial score (nSPS) is 26.3. The van der Waals surface area contributed by atoms with E-state index in [1.165, 1.54) is 0 Å². The number of aliphatic hydroxyl groups is 1. The minimum Gasteiger partial charge on any atom is -0.445 e. The summed E-state index contributed by atoms with van der Waals surface area (Å²) >= 11 is 0. The largest absolute Gasteiger partial charge is 0.445 e. The van der Waals surface area contributed by atoms with Crippen LogP contribution in [-0.4, -0.2) is 22.8 Å². The predicted molar refractivity (Wildman–Crippen MR) is 72.5 cm³/mol. The second-order valence-electron chi connectivity index (χ2n) is 4.95. The summed E-state index contributed by atoms with van der Waals surface area (Å²) in [4.78, 5) is 11.8. The summed E-state index contributed by atoms with van der Waals surface area (Å²) in [6.07, 6.45) is 1.33. The molecule has 0 spiro atoms. The number of ether oxygens (including phenoxy) is 1. The highest BCUT2D eigenvalue weighted by molar-refractivity contribution is 5.69. The standard InChI is InChI=1S/C15H19NO3/c1-3-13-9-15(13,11(2)17)16-14(18)19-10-12-7-5-4-6-8-12/h3-8,11,13,17H,1,9-10H2,2H3,(H,16,18). The van der Waals surface area contributed by atoms with Crippen molar-refractivity contribution < 1.29 is 14.6 Å². The molecule has 19 heavy (non-hydrogen) atoms. The van der Waals surface area contributed by atoms with Crippen LogP contribution in [0.2, 0.25) is 0 Å². The maximum atomic E-state index is 11.8. The van der Waals surface area contributed by atoms with Crippen LogP contribution in [0.25, 0.3) is 0 Å². The van der Waals surface area contributed by atoms with Gasteiger partial charge in [-0.25, -0.2) is 4.79 Å². The van der Waals surface area contributed by atoms with E-state index in [1.807, 2.05) is 30.3 Å². The first kappa shape index (κ1) is 13.6. The van der Waals surface area contributed by atoms with E-state index >= 15 is 0 Å². The van der Waals surface area contributed by atoms with Crippen LogP contribution in [0.4, 0.5) is 4.79 Å². The molecule has 2 rings (SSSR count). The molecule has 1 saturated carbocycles. The van der Waals surface area contributed by atoms with Gasteiger partial charge >= 0.3 is 6.09 Å². The minimum atomic E-state index is -0.625. The van der Waals surface area contributed by atoms with E-state index in [9.17, 15) is 9.90 Å². The fraction of sp³-hybridized carbons (Fsp3) is 0.400. The highest BCUT2D eigenvalue weighted by Gasteiger charge is 2.57. The lowest BCUT2D eigenvalue weighted by molar-refractivity contribution is 0.0990. The molecule has 4 heteroatoms. The van der Waals surface area contributed by atoms with E-state index in [1.54, 1.807) is 13.0 Å². The molecular formula is C15H19NO3. The molecule has 0 radical (unpaired) electrons. The molecule has 0 bridgehead atoms. The number of rotatable bonds is 5. The second kappa shape index (κ2) is 5.45. The first-order valence-corrected chi connectivity index (χ1v) is 6.38. The van der Waals surface area contributed by atoms with E-state index in [2.05, 4.69) is 11.9 Å². The van der Waals surface area contributed by atoms with Crippen molar-refractivity contribution in [2.75, 3.05) is 0 Å². The van der Waals surface area contributed by atoms with Crippen LogP contribution in [0.3, 0.4) is 0 Å². The molecule has 0 aliphatic heterocycles. The molecule has 102 valence electrons. The van der Waals surface area contributed by atoms with Crippen molar-refractivity contribution >= 4 is 6.09 Å². The van der Waals surface area contributed by atoms with Gasteiger partial charge in [0, 0.05) is 5.92 Å². The zero-order valence-electron chi connectivity index (χ0n) is 11.0. The van der Waals surface area contributed by atoms with E-state index in [0.717, 1.165) is 5.56 Å². The zero-order chi connectivity index (χ0) is 13.9. The molecule has 2 N–H and O–H groups in total. The van der Waals surface area contributed by atoms with Gasteiger partial charge in [-0.3, -0.25) is 0 Å². The van der Waals surface area contributed by atoms with Crippen LogP contribution in [0.15, 0.2) is 43.0 Å². The molecule has 4 nitrogen and oxygen atoms in total. The number of carbonyl (C=O) groups is 1. The van der Waals surface area contributed by atoms with Crippen molar-refractivity contribution in [2.45, 2.75) is 31.6 Å². The summed E-state index contributed by atoms with van der Waals surface area (Å²) in [6.45, 7) is 5.59. The van der Waals surface area contributed by atoms with Gasteiger partial charge in [0.2, 0.25) is 0 Å². The van der Waals surface area contributed by atoms with Crippen molar-refractivity contribution in [3.63, 3.8) is 0 Å². The fourth-order valence-corrected chi connectivity index (χ4v) is 2.28. The molecule has 0 heterocycles. The highest BCUT2D eigenvalue weighted by Crippen LogP contribution is 2.46. The Morgan fingerprint density at radius 1 is 1.63 bits per heavy atom. The van der Waals surface area contributed by atoms with Crippen molar-refractivity contribution in [1.82, 2.24) is 5.32 Å². The Morgan fingerprint density at radius 2 is 2.32 bits per heavy atom. The van der Waals surface area contributed by atoms with Gasteiger partial charge in [-0.2, -0.15) is 0 Å². The maximum Gasteiger partial charge on any atom is 0.408 e. The Balaban J connectivity index is 1.86. The smallest absolute Gasteiger partial charge is 0.408 e. The molecule has 0 aromatic heterocycles. The SMILES string of the molecule is C=CC1CC1(NC(=O)OCc1ccccc1)C(C)O. The Labute approximate surface area is 113 Å². The highest BCUT2D eigenvalue weighted by atomic mass is 16.5. The third-order valence-electron chi connectivity index (χ3n) is 3.64. The van der Waals surface area contributed by atoms with Crippen LogP contribution in [0, 0.1) is 5.92 Å². The number of hydrogen-bond donors (Lipinski definition) is 2. The van der Waals surface area contributed by atoms with Gasteiger partial charge in [0.25, 0.3) is 0 Å². The van der Waals surface area contributed by atoms with Gasteiger partial charge in [-0.15, -0.1) is 6.58 Å². The first-order chi connectivity index (χ1) is 9.08. The van der Waals surface area contributed by atoms with Crippen molar-refractivity contribution in [1.29, 1.82) is 0 Å². The Hall–Kier alpha value is -1.81. The molecule has 0 saturated heterocycles. The fourth-order valence-electron chi connectivity index (χ4n) is 2.28. The molecule has 1 aliphatic rings. The lowest BCUT2D eigenvalue weighted by atomic mass is 10.1. The minimum absolute atomic E-state index is 0.108. The number of carbonyl (C=O) groups excluding carboxylic acids is 1. The summed E-state index contributed by atoms with van der Waals surface area (Å²) in [6, 6.07) is 9.47. The van der Waals surface area contributed by atoms with Crippen LogP contribution in [0.1, 0.15) is 18.9 Å². The molecule has 1 aliphatic carbocycles. The predicted octanol–water partition coefficient (Wildman–Crippen LogP) is 2.24. The van der Waals surface area contributed by atoms with Gasteiger partial charge in [0.1, 0.15) is 6.61 Å². The van der Waals surface area contributed by atoms with Crippen LogP contribution < -0.4 is 5.32 Å². The van der Waals surface area contributed by atoms with E-state index < -0.39 is 17.7 Å². The Kier molecular flexibility index (Phi) is 3.90. The number of alkyl carbamates (subject to hydrolysis) is 1. The van der Waals surface area contributed by atoms with Gasteiger partial charge in [-0.1, -0.05) is 36.4 Å². The molecule has 3 atom stereocenters. The van der Waals surface area contributed by atoms with E-state index in [0.29, 0.717) is 6.42 Å². The molecule has 3 unspecified atom stereocenters. The van der Waals surface area contributed by atoms with Gasteiger partial charge < -0.3 is 15.2 Å². The first-order valence-electron chi connectivity index (χ1n) is 6.38. The van der Waals surface area contributed by atoms with Gasteiger partial charge in [0.05, 0.1) is 11.6 Å². The van der Waals surface area contributed by atoms with E-state index in [4.69, 9.17) is 4.74 Å². The number of nitrogens with one attached hydrogen (secondary N) is 1. The molecule has 1 aromatic rings. The Morgan fingerprint density at radius 3 is 2.84 bits per heavy atom. The topological polar surface area (TPSA) is 58.6 Å². The summed E-state index contributed by atoms with van der Waals surface area (Å²) in [5, 5.41) is 12.5. The van der Waals surface area contributed by atoms with Crippen LogP contribution >= 0.6 is 0 Å². The van der Waals surface area contributed by atoms with Gasteiger partial charge in [-0.05, 0) is 18.9 Å². The average Bonchev–Trinajstić information content (AvgIpc) is 3.12. The third-order valence-corrected chi connectivity index (χ3v) is 3.64. The lowest BCUT2D eigenvalue weighted by Gasteiger charge is -2.21. The van der Waals surface area contributed by atoms with Crippen LogP contribution in [0.5, 0.6) is 0 Å². The summed E-state index contributed by atoms with van der Waals surface area (Å²) in [7, 11) is 0. The second-order valence-corrected chi connectivity index (χ2v) is 4.95. The lowest BCUT2D eigenvalue weighted by Crippen LogP contribution is -2.46. The zero-order valence-corrected chi connectivity index (χ0v) is 11.0. The average molecular weight is 261 g/mol. The number of aliphatic hydroxyl groups excluding tert-OH is 1.